The number of anilines is 5. The molecule has 3 N–H and O–H groups in total. The molecule has 15 nitrogen and oxygen atoms in total. The summed E-state index contributed by atoms with van der Waals surface area (Å²) in [5.41, 5.74) is 4.42. The molecule has 0 spiro atoms. The van der Waals surface area contributed by atoms with E-state index in [0.29, 0.717) is 52.8 Å². The molecule has 0 radical (unpaired) electrons. The van der Waals surface area contributed by atoms with Gasteiger partial charge in [0.2, 0.25) is 17.8 Å². The van der Waals surface area contributed by atoms with Gasteiger partial charge in [-0.25, -0.2) is 4.98 Å². The minimum atomic E-state index is -3.57. The van der Waals surface area contributed by atoms with E-state index in [4.69, 9.17) is 25.4 Å². The molecule has 7 rings (SSSR count). The highest BCUT2D eigenvalue weighted by Crippen LogP contribution is 2.47. The van der Waals surface area contributed by atoms with Crippen molar-refractivity contribution >= 4 is 71.1 Å². The summed E-state index contributed by atoms with van der Waals surface area (Å²) in [6, 6.07) is 18.3. The molecule has 0 aliphatic carbocycles. The van der Waals surface area contributed by atoms with E-state index in [1.807, 2.05) is 24.3 Å². The van der Waals surface area contributed by atoms with Gasteiger partial charge in [0, 0.05) is 75.6 Å². The minimum absolute atomic E-state index is 0.192. The van der Waals surface area contributed by atoms with Gasteiger partial charge >= 0.3 is 7.60 Å². The SMILES string of the molecule is COc1cc(N2CCC(N(C)CCCC#Cc3cccc4c3CN(C3CCC(=O)NC3=O)C4=O)CC2)ccc1Nc1ncc(Cl)c(Nc2ccccc2P(=O)(OC)OC)n1. The minimum Gasteiger partial charge on any atom is -0.494 e. The van der Waals surface area contributed by atoms with E-state index in [2.05, 4.69) is 60.7 Å². The van der Waals surface area contributed by atoms with Crippen LogP contribution in [0.4, 0.5) is 28.8 Å². The number of ether oxygens (including phenoxy) is 1. The third-order valence-corrected chi connectivity index (χ3v) is 13.4. The van der Waals surface area contributed by atoms with Crippen LogP contribution in [0.25, 0.3) is 0 Å². The molecule has 2 fully saturated rings. The lowest BCUT2D eigenvalue weighted by atomic mass is 10.0. The molecule has 4 heterocycles. The second-order valence-electron chi connectivity index (χ2n) is 14.7. The predicted molar refractivity (Wildman–Crippen MR) is 231 cm³/mol. The van der Waals surface area contributed by atoms with Crippen LogP contribution in [0.5, 0.6) is 5.75 Å². The van der Waals surface area contributed by atoms with Gasteiger partial charge in [-0.15, -0.1) is 0 Å². The zero-order valence-electron chi connectivity index (χ0n) is 34.0. The van der Waals surface area contributed by atoms with Crippen molar-refractivity contribution < 1.29 is 32.7 Å². The van der Waals surface area contributed by atoms with Gasteiger partial charge in [0.1, 0.15) is 16.8 Å². The summed E-state index contributed by atoms with van der Waals surface area (Å²) in [6.45, 7) is 3.02. The number of para-hydroxylation sites is 1. The van der Waals surface area contributed by atoms with Crippen LogP contribution in [0, 0.1) is 11.8 Å². The van der Waals surface area contributed by atoms with E-state index in [9.17, 15) is 18.9 Å². The monoisotopic (exact) mass is 854 g/mol. The Kier molecular flexibility index (Phi) is 13.4. The lowest BCUT2D eigenvalue weighted by Crippen LogP contribution is -2.52. The first-order valence-electron chi connectivity index (χ1n) is 19.8. The number of halogens is 1. The second-order valence-corrected chi connectivity index (χ2v) is 17.4. The van der Waals surface area contributed by atoms with Gasteiger partial charge in [0.25, 0.3) is 5.91 Å². The molecule has 3 aliphatic rings. The van der Waals surface area contributed by atoms with E-state index in [0.717, 1.165) is 62.1 Å². The average Bonchev–Trinajstić information content (AvgIpc) is 3.60. The number of carbonyl (C=O) groups excluding carboxylic acids is 3. The molecule has 1 unspecified atom stereocenters. The summed E-state index contributed by atoms with van der Waals surface area (Å²) in [5.74, 6) is 6.88. The highest BCUT2D eigenvalue weighted by atomic mass is 35.5. The quantitative estimate of drug-likeness (QED) is 0.0566. The molecule has 1 atom stereocenters. The number of carbonyl (C=O) groups is 3. The van der Waals surface area contributed by atoms with Gasteiger partial charge in [-0.05, 0) is 81.2 Å². The average molecular weight is 855 g/mol. The molecule has 3 aliphatic heterocycles. The maximum absolute atomic E-state index is 13.2. The molecule has 4 aromatic rings. The van der Waals surface area contributed by atoms with Crippen molar-refractivity contribution in [2.24, 2.45) is 0 Å². The Balaban J connectivity index is 0.903. The Bertz CT molecular complexity index is 2370. The number of amides is 3. The van der Waals surface area contributed by atoms with Crippen molar-refractivity contribution in [2.45, 2.75) is 57.2 Å². The summed E-state index contributed by atoms with van der Waals surface area (Å²) in [7, 11) is 2.89. The number of unbranched alkanes of at least 4 members (excludes halogenated alkanes) is 1. The summed E-state index contributed by atoms with van der Waals surface area (Å²) < 4.78 is 29.4. The number of imide groups is 1. The summed E-state index contributed by atoms with van der Waals surface area (Å²) in [6.07, 6.45) is 5.69. The molecule has 0 saturated carbocycles. The van der Waals surface area contributed by atoms with Crippen LogP contribution in [-0.2, 0) is 29.7 Å². The van der Waals surface area contributed by atoms with Crippen molar-refractivity contribution in [3.63, 3.8) is 0 Å². The summed E-state index contributed by atoms with van der Waals surface area (Å²) >= 11 is 6.47. The van der Waals surface area contributed by atoms with Gasteiger partial charge in [-0.1, -0.05) is 41.6 Å². The highest BCUT2D eigenvalue weighted by molar-refractivity contribution is 7.62. The van der Waals surface area contributed by atoms with E-state index < -0.39 is 19.5 Å². The lowest BCUT2D eigenvalue weighted by molar-refractivity contribution is -0.136. The van der Waals surface area contributed by atoms with Crippen molar-refractivity contribution in [3.8, 4) is 17.6 Å². The van der Waals surface area contributed by atoms with Crippen LogP contribution in [0.15, 0.2) is 66.9 Å². The highest BCUT2D eigenvalue weighted by Gasteiger charge is 2.39. The molecule has 0 bridgehead atoms. The fourth-order valence-electron chi connectivity index (χ4n) is 7.86. The second kappa shape index (κ2) is 18.8. The van der Waals surface area contributed by atoms with Gasteiger partial charge in [0.05, 0.1) is 30.0 Å². The van der Waals surface area contributed by atoms with Gasteiger partial charge in [0.15, 0.2) is 5.82 Å². The van der Waals surface area contributed by atoms with Gasteiger partial charge < -0.3 is 39.1 Å². The van der Waals surface area contributed by atoms with Crippen LogP contribution in [0.2, 0.25) is 5.02 Å². The number of methoxy groups -OCH3 is 1. The topological polar surface area (TPSA) is 168 Å². The van der Waals surface area contributed by atoms with Gasteiger partial charge in [-0.2, -0.15) is 4.98 Å². The summed E-state index contributed by atoms with van der Waals surface area (Å²) in [4.78, 5) is 52.5. The zero-order chi connectivity index (χ0) is 42.4. The fraction of sp³-hybridized carbons (Fsp3) is 0.372. The van der Waals surface area contributed by atoms with Crippen LogP contribution in [0.3, 0.4) is 0 Å². The third kappa shape index (κ3) is 9.28. The molecule has 314 valence electrons. The first-order valence-corrected chi connectivity index (χ1v) is 21.7. The smallest absolute Gasteiger partial charge is 0.362 e. The van der Waals surface area contributed by atoms with Crippen LogP contribution in [-0.4, -0.2) is 97.6 Å². The van der Waals surface area contributed by atoms with Crippen molar-refractivity contribution in [1.82, 2.24) is 25.1 Å². The maximum atomic E-state index is 13.2. The Labute approximate surface area is 354 Å². The molecule has 3 aromatic carbocycles. The number of hydrogen-bond acceptors (Lipinski definition) is 13. The zero-order valence-corrected chi connectivity index (χ0v) is 35.6. The van der Waals surface area contributed by atoms with Crippen LogP contribution in [0.1, 0.15) is 60.0 Å². The number of nitrogens with zero attached hydrogens (tertiary/aromatic N) is 5. The molecule has 2 saturated heterocycles. The first-order chi connectivity index (χ1) is 29.0. The molecular weight excluding hydrogens is 807 g/mol. The van der Waals surface area contributed by atoms with Crippen molar-refractivity contribution in [1.29, 1.82) is 0 Å². The Morgan fingerprint density at radius 2 is 1.77 bits per heavy atom. The van der Waals surface area contributed by atoms with Gasteiger partial charge in [-0.3, -0.25) is 24.3 Å². The number of hydrogen-bond donors (Lipinski definition) is 3. The maximum Gasteiger partial charge on any atom is 0.362 e. The van der Waals surface area contributed by atoms with Crippen LogP contribution < -0.4 is 30.9 Å². The van der Waals surface area contributed by atoms with Crippen molar-refractivity contribution in [3.05, 3.63) is 88.6 Å². The number of nitrogens with one attached hydrogen (secondary N) is 3. The van der Waals surface area contributed by atoms with E-state index >= 15 is 0 Å². The molecule has 1 aromatic heterocycles. The molecule has 3 amide bonds. The van der Waals surface area contributed by atoms with E-state index in [1.165, 1.54) is 20.4 Å². The number of benzene rings is 3. The Morgan fingerprint density at radius 3 is 2.52 bits per heavy atom. The van der Waals surface area contributed by atoms with E-state index in [-0.39, 0.29) is 29.2 Å². The normalized spacial score (nSPS) is 17.0. The standard InChI is InChI=1S/C43H48ClN8O7P/c1-50(22-9-5-6-11-28-12-10-13-31-32(28)27-52(42(31)55)36-18-19-39(53)48-41(36)54)29-20-23-51(24-21-29)30-16-17-34(37(25-30)57-2)47-43-45-26-33(44)40(49-43)46-35-14-7-8-15-38(35)60(56,58-3)59-4/h7-8,10,12-17,25-26,29,36H,5,9,18-24,27H2,1-4H3,(H,48,53,54)(H2,45,46,47,49). The van der Waals surface area contributed by atoms with E-state index in [1.54, 1.807) is 42.3 Å². The van der Waals surface area contributed by atoms with Crippen molar-refractivity contribution in [2.75, 3.05) is 63.5 Å². The number of fused-ring (bicyclic) bond motifs is 1. The van der Waals surface area contributed by atoms with Crippen LogP contribution >= 0.6 is 19.2 Å². The molecule has 17 heteroatoms. The lowest BCUT2D eigenvalue weighted by Gasteiger charge is -2.38. The largest absolute Gasteiger partial charge is 0.494 e. The summed E-state index contributed by atoms with van der Waals surface area (Å²) in [5, 5.41) is 9.34. The Hall–Kier alpha value is -5.49. The number of aromatic nitrogens is 2. The third-order valence-electron chi connectivity index (χ3n) is 11.2. The fourth-order valence-corrected chi connectivity index (χ4v) is 9.23. The molecular formula is C43H48ClN8O7P. The first kappa shape index (κ1) is 42.6. The Morgan fingerprint density at radius 1 is 0.983 bits per heavy atom. The number of piperidine rings is 2. The molecule has 60 heavy (non-hydrogen) atoms. The number of rotatable bonds is 14. The predicted octanol–water partition coefficient (Wildman–Crippen LogP) is 6.23.